The molecule has 0 bridgehead atoms. The molecule has 2 N–H and O–H groups in total. The number of hydrogen-bond acceptors (Lipinski definition) is 8. The number of rotatable bonds is 5. The monoisotopic (exact) mass is 642 g/mol. The second-order valence-corrected chi connectivity index (χ2v) is 13.4. The Morgan fingerprint density at radius 1 is 1.20 bits per heavy atom. The number of ether oxygens (including phenoxy) is 2. The summed E-state index contributed by atoms with van der Waals surface area (Å²) in [4.78, 5) is 51.2. The first kappa shape index (κ1) is 31.5. The van der Waals surface area contributed by atoms with E-state index in [4.69, 9.17) is 20.9 Å². The van der Waals surface area contributed by atoms with Crippen LogP contribution in [0.15, 0.2) is 35.7 Å². The fourth-order valence-corrected chi connectivity index (χ4v) is 7.53. The number of aromatic nitrogens is 2. The number of carbonyl (C=O) groups excluding carboxylic acids is 2. The molecule has 0 radical (unpaired) electrons. The Morgan fingerprint density at radius 3 is 2.76 bits per heavy atom. The molecule has 1 aliphatic heterocycles. The van der Waals surface area contributed by atoms with Gasteiger partial charge in [0.2, 0.25) is 11.8 Å². The predicted molar refractivity (Wildman–Crippen MR) is 175 cm³/mol. The molecule has 3 aliphatic rings. The molecule has 2 saturated carbocycles. The van der Waals surface area contributed by atoms with Crippen molar-refractivity contribution in [1.29, 1.82) is 0 Å². The molecular formula is C35H38N4O6S. The molecule has 1 aromatic carbocycles. The summed E-state index contributed by atoms with van der Waals surface area (Å²) in [5.41, 5.74) is 1.31. The zero-order valence-electron chi connectivity index (χ0n) is 26.2. The first-order valence-corrected chi connectivity index (χ1v) is 16.6. The number of hydrogen-bond donors (Lipinski definition) is 2. The van der Waals surface area contributed by atoms with Gasteiger partial charge in [0.15, 0.2) is 0 Å². The van der Waals surface area contributed by atoms with Gasteiger partial charge in [-0.15, -0.1) is 17.8 Å². The summed E-state index contributed by atoms with van der Waals surface area (Å²) in [5.74, 6) is 0.679. The second-order valence-electron chi connectivity index (χ2n) is 12.5. The van der Waals surface area contributed by atoms with Crippen LogP contribution in [0.1, 0.15) is 56.2 Å². The third kappa shape index (κ3) is 5.94. The summed E-state index contributed by atoms with van der Waals surface area (Å²) in [5, 5.41) is 16.2. The van der Waals surface area contributed by atoms with Gasteiger partial charge >= 0.3 is 5.97 Å². The molecule has 5 atom stereocenters. The molecule has 3 heterocycles. The number of nitrogens with one attached hydrogen (secondary N) is 1. The summed E-state index contributed by atoms with van der Waals surface area (Å²) >= 11 is 1.39. The Labute approximate surface area is 272 Å². The molecule has 46 heavy (non-hydrogen) atoms. The van der Waals surface area contributed by atoms with Crippen molar-refractivity contribution in [3.63, 3.8) is 0 Å². The Morgan fingerprint density at radius 2 is 2.02 bits per heavy atom. The Hall–Kier alpha value is -4.43. The van der Waals surface area contributed by atoms with E-state index in [2.05, 4.69) is 16.2 Å². The van der Waals surface area contributed by atoms with Crippen LogP contribution in [0.2, 0.25) is 0 Å². The van der Waals surface area contributed by atoms with Gasteiger partial charge in [0.1, 0.15) is 33.4 Å². The van der Waals surface area contributed by atoms with E-state index >= 15 is 0 Å². The number of nitrogens with zero attached hydrogens (tertiary/aromatic N) is 3. The van der Waals surface area contributed by atoms with Crippen molar-refractivity contribution in [3.05, 3.63) is 47.0 Å². The summed E-state index contributed by atoms with van der Waals surface area (Å²) in [6, 6.07) is 5.61. The topological polar surface area (TPSA) is 131 Å². The number of pyridine rings is 1. The molecular weight excluding hydrogens is 604 g/mol. The van der Waals surface area contributed by atoms with Crippen molar-refractivity contribution in [2.24, 2.45) is 17.8 Å². The Balaban J connectivity index is 1.34. The summed E-state index contributed by atoms with van der Waals surface area (Å²) in [6.07, 6.45) is 13.2. The number of aryl methyl sites for hydroxylation is 1. The minimum atomic E-state index is -1.34. The Bertz CT molecular complexity index is 1760. The molecule has 2 aliphatic carbocycles. The molecule has 11 heteroatoms. The maximum absolute atomic E-state index is 13.9. The molecule has 0 unspecified atom stereocenters. The highest BCUT2D eigenvalue weighted by Gasteiger charge is 2.61. The first-order chi connectivity index (χ1) is 22.1. The number of carbonyl (C=O) groups is 3. The van der Waals surface area contributed by atoms with Crippen molar-refractivity contribution < 1.29 is 29.0 Å². The van der Waals surface area contributed by atoms with Crippen LogP contribution >= 0.6 is 11.3 Å². The van der Waals surface area contributed by atoms with Crippen LogP contribution in [0.25, 0.3) is 21.6 Å². The highest BCUT2D eigenvalue weighted by molar-refractivity contribution is 7.13. The van der Waals surface area contributed by atoms with Gasteiger partial charge in [-0.05, 0) is 69.9 Å². The zero-order valence-corrected chi connectivity index (χ0v) is 27.1. The van der Waals surface area contributed by atoms with E-state index in [1.807, 2.05) is 37.3 Å². The van der Waals surface area contributed by atoms with Crippen LogP contribution in [0.3, 0.4) is 0 Å². The molecule has 2 amide bonds. The molecule has 240 valence electrons. The fourth-order valence-electron chi connectivity index (χ4n) is 6.81. The molecule has 2 fully saturated rings. The largest absolute Gasteiger partial charge is 0.496 e. The molecule has 3 aromatic rings. The van der Waals surface area contributed by atoms with E-state index in [1.54, 1.807) is 24.4 Å². The number of amides is 2. The van der Waals surface area contributed by atoms with Gasteiger partial charge in [-0.1, -0.05) is 12.2 Å². The van der Waals surface area contributed by atoms with E-state index in [9.17, 15) is 19.5 Å². The lowest BCUT2D eigenvalue weighted by Crippen LogP contribution is -2.52. The van der Waals surface area contributed by atoms with E-state index in [1.165, 1.54) is 11.3 Å². The van der Waals surface area contributed by atoms with Gasteiger partial charge in [0.25, 0.3) is 0 Å². The van der Waals surface area contributed by atoms with Gasteiger partial charge in [-0.3, -0.25) is 9.59 Å². The second kappa shape index (κ2) is 12.8. The first-order valence-electron chi connectivity index (χ1n) is 15.7. The highest BCUT2D eigenvalue weighted by Crippen LogP contribution is 2.46. The fraction of sp³-hybridized carbons (Fsp3) is 0.457. The van der Waals surface area contributed by atoms with Gasteiger partial charge in [0, 0.05) is 47.8 Å². The average Bonchev–Trinajstić information content (AvgIpc) is 3.53. The highest BCUT2D eigenvalue weighted by atomic mass is 32.1. The van der Waals surface area contributed by atoms with Crippen molar-refractivity contribution in [3.8, 4) is 34.5 Å². The van der Waals surface area contributed by atoms with Crippen molar-refractivity contribution in [1.82, 2.24) is 20.2 Å². The smallest absolute Gasteiger partial charge is 0.330 e. The van der Waals surface area contributed by atoms with Crippen molar-refractivity contribution in [2.45, 2.75) is 63.5 Å². The number of terminal acetylenes is 1. The van der Waals surface area contributed by atoms with Gasteiger partial charge in [0.05, 0.1) is 24.6 Å². The molecule has 0 saturated heterocycles. The molecule has 6 rings (SSSR count). The number of benzene rings is 1. The van der Waals surface area contributed by atoms with Crippen molar-refractivity contribution >= 4 is 40.0 Å². The number of carboxylic acids is 1. The van der Waals surface area contributed by atoms with Crippen LogP contribution in [-0.4, -0.2) is 70.1 Å². The quantitative estimate of drug-likeness (QED) is 0.295. The maximum Gasteiger partial charge on any atom is 0.330 e. The van der Waals surface area contributed by atoms with Crippen LogP contribution < -0.4 is 14.8 Å². The van der Waals surface area contributed by atoms with Crippen LogP contribution in [0.4, 0.5) is 0 Å². The lowest BCUT2D eigenvalue weighted by atomic mass is 9.76. The van der Waals surface area contributed by atoms with E-state index < -0.39 is 35.4 Å². The molecule has 2 aromatic heterocycles. The lowest BCUT2D eigenvalue weighted by molar-refractivity contribution is -0.148. The number of aliphatic carboxylic acids is 1. The van der Waals surface area contributed by atoms with Gasteiger partial charge < -0.3 is 24.8 Å². The number of thiazole rings is 1. The number of carboxylic acid groups (broad SMARTS) is 1. The van der Waals surface area contributed by atoms with Crippen LogP contribution in [0, 0.1) is 37.0 Å². The average molecular weight is 643 g/mol. The van der Waals surface area contributed by atoms with E-state index in [0.29, 0.717) is 59.2 Å². The zero-order chi connectivity index (χ0) is 32.6. The molecule has 10 nitrogen and oxygen atoms in total. The third-order valence-corrected chi connectivity index (χ3v) is 10.5. The lowest BCUT2D eigenvalue weighted by Gasteiger charge is -2.37. The SMILES string of the molecule is C#Cc1csc(-c2cc(O[C@H]3CC[C@H]4C(=O)N(C)CCCC/C=C\[C@@H]5C[C@@]5(C(=O)O)NC(=O)[C@@H]4C3)c3ccc(OC)c(C)c3n2)n1. The minimum absolute atomic E-state index is 0.0876. The third-order valence-electron chi connectivity index (χ3n) is 9.59. The summed E-state index contributed by atoms with van der Waals surface area (Å²) in [6.45, 7) is 2.54. The van der Waals surface area contributed by atoms with Crippen LogP contribution in [-0.2, 0) is 14.4 Å². The predicted octanol–water partition coefficient (Wildman–Crippen LogP) is 4.98. The Kier molecular flexibility index (Phi) is 8.75. The number of allylic oxidation sites excluding steroid dienone is 1. The number of fused-ring (bicyclic) bond motifs is 3. The normalized spacial score (nSPS) is 27.4. The molecule has 0 spiro atoms. The van der Waals surface area contributed by atoms with E-state index in [-0.39, 0.29) is 18.2 Å². The van der Waals surface area contributed by atoms with E-state index in [0.717, 1.165) is 30.2 Å². The summed E-state index contributed by atoms with van der Waals surface area (Å²) < 4.78 is 12.3. The number of methoxy groups -OCH3 is 1. The maximum atomic E-state index is 13.9. The van der Waals surface area contributed by atoms with Crippen LogP contribution in [0.5, 0.6) is 11.5 Å². The van der Waals surface area contributed by atoms with Gasteiger partial charge in [-0.25, -0.2) is 14.8 Å². The standard InChI is InChI=1S/C35H38N4O6S/c1-5-22-19-46-32(36-22)27-17-29(25-13-14-28(44-4)20(2)30(25)37-27)45-23-11-12-24-26(16-23)31(40)38-35(34(42)43)18-21(35)10-8-6-7-9-15-39(3)33(24)41/h1,8,10,13-14,17,19,21,23-24,26H,6-7,9,11-12,15-16,18H2,2-4H3,(H,38,40)(H,42,43)/b10-8-/t21-,23+,24-,26-,35-/m1/s1. The van der Waals surface area contributed by atoms with Crippen molar-refractivity contribution in [2.75, 3.05) is 20.7 Å². The van der Waals surface area contributed by atoms with Gasteiger partial charge in [-0.2, -0.15) is 0 Å². The minimum Gasteiger partial charge on any atom is -0.496 e. The summed E-state index contributed by atoms with van der Waals surface area (Å²) in [7, 11) is 3.39.